The molecule has 0 bridgehead atoms. The minimum atomic E-state index is -1.24. The van der Waals surface area contributed by atoms with Crippen molar-refractivity contribution in [2.24, 2.45) is 28.1 Å². The van der Waals surface area contributed by atoms with E-state index in [1.165, 1.54) is 6.92 Å². The average Bonchev–Trinajstić information content (AvgIpc) is 2.66. The van der Waals surface area contributed by atoms with E-state index in [9.17, 15) is 24.3 Å². The average molecular weight is 446 g/mol. The molecule has 0 aromatic carbocycles. The van der Waals surface area contributed by atoms with Gasteiger partial charge in [-0.1, -0.05) is 13.8 Å². The molecule has 0 radical (unpaired) electrons. The fraction of sp³-hybridized carbons (Fsp3) is 0.722. The first-order chi connectivity index (χ1) is 14.3. The highest BCUT2D eigenvalue weighted by Crippen LogP contribution is 2.08. The summed E-state index contributed by atoms with van der Waals surface area (Å²) in [6.45, 7) is 4.62. The fourth-order valence-electron chi connectivity index (χ4n) is 2.52. The van der Waals surface area contributed by atoms with E-state index in [4.69, 9.17) is 22.3 Å². The van der Waals surface area contributed by atoms with Gasteiger partial charge in [0.25, 0.3) is 0 Å². The van der Waals surface area contributed by atoms with E-state index < -0.39 is 54.5 Å². The zero-order chi connectivity index (χ0) is 24.1. The standard InChI is InChI=1S/C18H35N7O6/c1-9(2)7-12(25-17(31)14(19)10(3)26)16(30)24-11(5-4-6-22-18(20)21)15(29)23-8-13(27)28/h9-12,14,26H,4-8,19H2,1-3H3,(H,23,29)(H,24,30)(H,25,31)(H,27,28)(H4,20,21,22). The topological polar surface area (TPSA) is 235 Å². The quantitative estimate of drug-likeness (QED) is 0.0769. The summed E-state index contributed by atoms with van der Waals surface area (Å²) < 4.78 is 0. The van der Waals surface area contributed by atoms with Crippen molar-refractivity contribution in [1.82, 2.24) is 16.0 Å². The van der Waals surface area contributed by atoms with Crippen LogP contribution in [0.3, 0.4) is 0 Å². The van der Waals surface area contributed by atoms with Crippen LogP contribution in [0, 0.1) is 5.92 Å². The predicted molar refractivity (Wildman–Crippen MR) is 114 cm³/mol. The number of aliphatic imine (C=N–C) groups is 1. The molecular formula is C18H35N7O6. The number of nitrogens with two attached hydrogens (primary N) is 3. The van der Waals surface area contributed by atoms with Gasteiger partial charge in [-0.05, 0) is 32.1 Å². The highest BCUT2D eigenvalue weighted by Gasteiger charge is 2.29. The third kappa shape index (κ3) is 12.4. The number of aliphatic hydroxyl groups is 1. The number of nitrogens with one attached hydrogen (secondary N) is 3. The number of aliphatic carboxylic acids is 1. The number of guanidine groups is 1. The maximum Gasteiger partial charge on any atom is 0.322 e. The number of carboxylic acids is 1. The Bertz CT molecular complexity index is 649. The molecule has 31 heavy (non-hydrogen) atoms. The van der Waals surface area contributed by atoms with Crippen LogP contribution in [-0.2, 0) is 19.2 Å². The number of hydrogen-bond donors (Lipinski definition) is 8. The summed E-state index contributed by atoms with van der Waals surface area (Å²) in [5, 5.41) is 25.5. The Hall–Kier alpha value is -2.93. The number of nitrogens with zero attached hydrogens (tertiary/aromatic N) is 1. The maximum atomic E-state index is 12.8. The van der Waals surface area contributed by atoms with Crippen molar-refractivity contribution in [2.75, 3.05) is 13.1 Å². The number of aliphatic hydroxyl groups excluding tert-OH is 1. The van der Waals surface area contributed by atoms with Gasteiger partial charge in [0.1, 0.15) is 24.7 Å². The van der Waals surface area contributed by atoms with E-state index in [1.54, 1.807) is 0 Å². The summed E-state index contributed by atoms with van der Waals surface area (Å²) in [5.74, 6) is -3.40. The van der Waals surface area contributed by atoms with Crippen molar-refractivity contribution >= 4 is 29.7 Å². The summed E-state index contributed by atoms with van der Waals surface area (Å²) in [7, 11) is 0. The summed E-state index contributed by atoms with van der Waals surface area (Å²) in [6, 6.07) is -3.31. The van der Waals surface area contributed by atoms with Crippen LogP contribution in [0.2, 0.25) is 0 Å². The Morgan fingerprint density at radius 2 is 1.55 bits per heavy atom. The van der Waals surface area contributed by atoms with E-state index >= 15 is 0 Å². The second kappa shape index (κ2) is 14.1. The van der Waals surface area contributed by atoms with Gasteiger partial charge in [0.2, 0.25) is 17.7 Å². The minimum Gasteiger partial charge on any atom is -0.480 e. The van der Waals surface area contributed by atoms with Crippen molar-refractivity contribution < 1.29 is 29.4 Å². The number of hydrogen-bond acceptors (Lipinski definition) is 7. The van der Waals surface area contributed by atoms with Gasteiger partial charge in [-0.15, -0.1) is 0 Å². The number of carbonyl (C=O) groups excluding carboxylic acids is 3. The van der Waals surface area contributed by atoms with Gasteiger partial charge in [-0.25, -0.2) is 0 Å². The third-order valence-electron chi connectivity index (χ3n) is 4.15. The van der Waals surface area contributed by atoms with Crippen molar-refractivity contribution in [1.29, 1.82) is 0 Å². The first-order valence-corrected chi connectivity index (χ1v) is 9.94. The minimum absolute atomic E-state index is 0.0139. The summed E-state index contributed by atoms with van der Waals surface area (Å²) in [5.41, 5.74) is 16.1. The molecule has 0 saturated carbocycles. The lowest BCUT2D eigenvalue weighted by molar-refractivity contribution is -0.138. The predicted octanol–water partition coefficient (Wildman–Crippen LogP) is -3.04. The normalized spacial score (nSPS) is 14.6. The SMILES string of the molecule is CC(C)CC(NC(=O)C(N)C(C)O)C(=O)NC(CCCN=C(N)N)C(=O)NCC(=O)O. The lowest BCUT2D eigenvalue weighted by Gasteiger charge is -2.25. The van der Waals surface area contributed by atoms with Crippen LogP contribution in [0.5, 0.6) is 0 Å². The Morgan fingerprint density at radius 1 is 0.968 bits per heavy atom. The molecule has 0 rings (SSSR count). The van der Waals surface area contributed by atoms with Gasteiger partial charge in [0.05, 0.1) is 6.10 Å². The van der Waals surface area contributed by atoms with Gasteiger partial charge in [0.15, 0.2) is 5.96 Å². The lowest BCUT2D eigenvalue weighted by atomic mass is 10.0. The highest BCUT2D eigenvalue weighted by atomic mass is 16.4. The second-order valence-electron chi connectivity index (χ2n) is 7.58. The van der Waals surface area contributed by atoms with Crippen LogP contribution in [0.4, 0.5) is 0 Å². The molecule has 3 amide bonds. The number of rotatable bonds is 14. The van der Waals surface area contributed by atoms with E-state index in [0.717, 1.165) is 0 Å². The summed E-state index contributed by atoms with van der Waals surface area (Å²) >= 11 is 0. The molecule has 13 heteroatoms. The van der Waals surface area contributed by atoms with Crippen molar-refractivity contribution in [3.8, 4) is 0 Å². The summed E-state index contributed by atoms with van der Waals surface area (Å²) in [4.78, 5) is 51.9. The van der Waals surface area contributed by atoms with Crippen LogP contribution in [0.1, 0.15) is 40.0 Å². The largest absolute Gasteiger partial charge is 0.480 e. The molecule has 4 unspecified atom stereocenters. The molecular weight excluding hydrogens is 410 g/mol. The molecule has 4 atom stereocenters. The molecule has 0 fully saturated rings. The molecule has 0 aliphatic heterocycles. The Labute approximate surface area is 181 Å². The lowest BCUT2D eigenvalue weighted by Crippen LogP contribution is -2.57. The maximum absolute atomic E-state index is 12.8. The Balaban J connectivity index is 5.32. The number of carboxylic acid groups (broad SMARTS) is 1. The van der Waals surface area contributed by atoms with E-state index in [0.29, 0.717) is 6.42 Å². The first-order valence-electron chi connectivity index (χ1n) is 9.94. The molecule has 13 nitrogen and oxygen atoms in total. The highest BCUT2D eigenvalue weighted by molar-refractivity contribution is 5.93. The number of amides is 3. The van der Waals surface area contributed by atoms with Gasteiger partial charge >= 0.3 is 5.97 Å². The van der Waals surface area contributed by atoms with Crippen LogP contribution >= 0.6 is 0 Å². The zero-order valence-corrected chi connectivity index (χ0v) is 18.1. The van der Waals surface area contributed by atoms with Gasteiger partial charge in [-0.2, -0.15) is 0 Å². The second-order valence-corrected chi connectivity index (χ2v) is 7.58. The Morgan fingerprint density at radius 3 is 2.03 bits per heavy atom. The Kier molecular flexibility index (Phi) is 12.8. The summed E-state index contributed by atoms with van der Waals surface area (Å²) in [6.07, 6.45) is -0.407. The molecule has 0 heterocycles. The van der Waals surface area contributed by atoms with E-state index in [-0.39, 0.29) is 31.3 Å². The van der Waals surface area contributed by atoms with E-state index in [2.05, 4.69) is 20.9 Å². The number of carbonyl (C=O) groups is 4. The van der Waals surface area contributed by atoms with Gasteiger partial charge in [0, 0.05) is 6.54 Å². The van der Waals surface area contributed by atoms with E-state index in [1.807, 2.05) is 13.8 Å². The van der Waals surface area contributed by atoms with Crippen LogP contribution in [0.15, 0.2) is 4.99 Å². The molecule has 0 aliphatic rings. The zero-order valence-electron chi connectivity index (χ0n) is 18.1. The molecule has 0 aromatic heterocycles. The molecule has 0 saturated heterocycles. The van der Waals surface area contributed by atoms with Crippen LogP contribution < -0.4 is 33.2 Å². The molecule has 178 valence electrons. The van der Waals surface area contributed by atoms with Crippen molar-refractivity contribution in [2.45, 2.75) is 64.3 Å². The first kappa shape index (κ1) is 28.1. The molecule has 0 aromatic rings. The third-order valence-corrected chi connectivity index (χ3v) is 4.15. The van der Waals surface area contributed by atoms with Gasteiger partial charge < -0.3 is 43.4 Å². The van der Waals surface area contributed by atoms with Crippen LogP contribution in [-0.4, -0.2) is 77.2 Å². The molecule has 11 N–H and O–H groups in total. The van der Waals surface area contributed by atoms with Crippen molar-refractivity contribution in [3.05, 3.63) is 0 Å². The fourth-order valence-corrected chi connectivity index (χ4v) is 2.52. The van der Waals surface area contributed by atoms with Gasteiger partial charge in [-0.3, -0.25) is 24.2 Å². The smallest absolute Gasteiger partial charge is 0.322 e. The van der Waals surface area contributed by atoms with Crippen LogP contribution in [0.25, 0.3) is 0 Å². The monoisotopic (exact) mass is 445 g/mol. The molecule has 0 aliphatic carbocycles. The molecule has 0 spiro atoms. The van der Waals surface area contributed by atoms with Crippen molar-refractivity contribution in [3.63, 3.8) is 0 Å².